The molecule has 0 aromatic heterocycles. The third-order valence-corrected chi connectivity index (χ3v) is 2.93. The SMILES string of the molecule is CCOC1CN(C)C(=O)N1.NC1(C(=O)O)C=CC=CC1. The number of hydrogen-bond acceptors (Lipinski definition) is 4. The molecule has 2 aliphatic rings. The van der Waals surface area contributed by atoms with Crippen LogP contribution in [0.15, 0.2) is 24.3 Å². The van der Waals surface area contributed by atoms with E-state index in [1.807, 2.05) is 6.92 Å². The lowest BCUT2D eigenvalue weighted by molar-refractivity contribution is -0.141. The molecule has 0 bridgehead atoms. The summed E-state index contributed by atoms with van der Waals surface area (Å²) in [5, 5.41) is 11.3. The molecule has 1 saturated heterocycles. The van der Waals surface area contributed by atoms with Crippen molar-refractivity contribution in [2.24, 2.45) is 5.73 Å². The van der Waals surface area contributed by atoms with E-state index in [2.05, 4.69) is 5.32 Å². The van der Waals surface area contributed by atoms with Crippen molar-refractivity contribution in [3.63, 3.8) is 0 Å². The maximum Gasteiger partial charge on any atom is 0.328 e. The molecule has 0 aromatic rings. The highest BCUT2D eigenvalue weighted by atomic mass is 16.5. The number of carbonyl (C=O) groups is 2. The Kier molecular flexibility index (Phi) is 5.72. The molecule has 2 rings (SSSR count). The van der Waals surface area contributed by atoms with Crippen molar-refractivity contribution in [3.05, 3.63) is 24.3 Å². The first-order valence-electron chi connectivity index (χ1n) is 6.39. The summed E-state index contributed by atoms with van der Waals surface area (Å²) in [6.45, 7) is 3.19. The second-order valence-corrected chi connectivity index (χ2v) is 4.61. The van der Waals surface area contributed by atoms with E-state index in [4.69, 9.17) is 15.6 Å². The van der Waals surface area contributed by atoms with Crippen LogP contribution in [0.3, 0.4) is 0 Å². The van der Waals surface area contributed by atoms with Gasteiger partial charge < -0.3 is 25.8 Å². The zero-order chi connectivity index (χ0) is 15.2. The maximum absolute atomic E-state index is 10.8. The first kappa shape index (κ1) is 16.2. The van der Waals surface area contributed by atoms with Crippen LogP contribution in [-0.4, -0.2) is 54.0 Å². The zero-order valence-electron chi connectivity index (χ0n) is 11.7. The van der Waals surface area contributed by atoms with Crippen LogP contribution in [0, 0.1) is 0 Å². The smallest absolute Gasteiger partial charge is 0.328 e. The van der Waals surface area contributed by atoms with Crippen molar-refractivity contribution in [3.8, 4) is 0 Å². The van der Waals surface area contributed by atoms with Crippen LogP contribution in [-0.2, 0) is 9.53 Å². The van der Waals surface area contributed by atoms with Crippen molar-refractivity contribution < 1.29 is 19.4 Å². The predicted octanol–water partition coefficient (Wildman–Crippen LogP) is 0.289. The lowest BCUT2D eigenvalue weighted by Gasteiger charge is -2.20. The van der Waals surface area contributed by atoms with Gasteiger partial charge >= 0.3 is 12.0 Å². The average molecular weight is 283 g/mol. The van der Waals surface area contributed by atoms with Gasteiger partial charge in [-0.15, -0.1) is 0 Å². The third-order valence-electron chi connectivity index (χ3n) is 2.93. The molecule has 2 amide bonds. The summed E-state index contributed by atoms with van der Waals surface area (Å²) >= 11 is 0. The Morgan fingerprint density at radius 2 is 2.35 bits per heavy atom. The van der Waals surface area contributed by atoms with Gasteiger partial charge in [-0.1, -0.05) is 24.3 Å². The van der Waals surface area contributed by atoms with E-state index in [1.54, 1.807) is 30.2 Å². The molecule has 1 fully saturated rings. The Morgan fingerprint density at radius 3 is 2.70 bits per heavy atom. The minimum absolute atomic E-state index is 0.0570. The fourth-order valence-electron chi connectivity index (χ4n) is 1.72. The Hall–Kier alpha value is -1.86. The summed E-state index contributed by atoms with van der Waals surface area (Å²) in [4.78, 5) is 22.9. The molecule has 2 atom stereocenters. The Balaban J connectivity index is 0.000000200. The van der Waals surface area contributed by atoms with Crippen molar-refractivity contribution in [1.29, 1.82) is 0 Å². The van der Waals surface area contributed by atoms with E-state index in [1.165, 1.54) is 6.08 Å². The molecule has 4 N–H and O–H groups in total. The lowest BCUT2D eigenvalue weighted by Crippen LogP contribution is -2.46. The summed E-state index contributed by atoms with van der Waals surface area (Å²) in [7, 11) is 1.74. The third kappa shape index (κ3) is 4.36. The first-order chi connectivity index (χ1) is 9.39. The second-order valence-electron chi connectivity index (χ2n) is 4.61. The number of hydrogen-bond donors (Lipinski definition) is 3. The minimum atomic E-state index is -1.17. The van der Waals surface area contributed by atoms with E-state index >= 15 is 0 Å². The van der Waals surface area contributed by atoms with Crippen LogP contribution in [0.4, 0.5) is 4.79 Å². The van der Waals surface area contributed by atoms with Gasteiger partial charge in [0.1, 0.15) is 11.8 Å². The quantitative estimate of drug-likeness (QED) is 0.690. The fourth-order valence-corrected chi connectivity index (χ4v) is 1.72. The van der Waals surface area contributed by atoms with E-state index < -0.39 is 11.5 Å². The van der Waals surface area contributed by atoms with Gasteiger partial charge in [-0.05, 0) is 13.3 Å². The van der Waals surface area contributed by atoms with Crippen LogP contribution in [0.1, 0.15) is 13.3 Å². The molecule has 7 heteroatoms. The van der Waals surface area contributed by atoms with Crippen molar-refractivity contribution in [2.45, 2.75) is 25.1 Å². The number of allylic oxidation sites excluding steroid dienone is 2. The monoisotopic (exact) mass is 283 g/mol. The van der Waals surface area contributed by atoms with Crippen molar-refractivity contribution in [1.82, 2.24) is 10.2 Å². The number of nitrogens with zero attached hydrogens (tertiary/aromatic N) is 1. The molecule has 112 valence electrons. The number of carboxylic acid groups (broad SMARTS) is 1. The van der Waals surface area contributed by atoms with E-state index in [0.717, 1.165) is 0 Å². The van der Waals surface area contributed by atoms with Gasteiger partial charge in [-0.25, -0.2) is 9.59 Å². The first-order valence-corrected chi connectivity index (χ1v) is 6.39. The molecular weight excluding hydrogens is 262 g/mol. The molecule has 0 aromatic carbocycles. The van der Waals surface area contributed by atoms with Crippen LogP contribution < -0.4 is 11.1 Å². The maximum atomic E-state index is 10.8. The lowest BCUT2D eigenvalue weighted by atomic mass is 9.93. The standard InChI is InChI=1S/C7H9NO2.C6H12N2O2/c8-7(6(9)10)4-2-1-3-5-7;1-3-10-5-4-8(2)6(9)7-5/h1-4H,5,8H2,(H,9,10);5H,3-4H2,1-2H3,(H,7,9). The number of nitrogens with one attached hydrogen (secondary N) is 1. The number of nitrogens with two attached hydrogens (primary N) is 1. The molecule has 1 aliphatic carbocycles. The molecular formula is C13H21N3O4. The highest BCUT2D eigenvalue weighted by Gasteiger charge is 2.30. The van der Waals surface area contributed by atoms with Crippen LogP contribution in [0.25, 0.3) is 0 Å². The highest BCUT2D eigenvalue weighted by Crippen LogP contribution is 2.13. The number of aliphatic carboxylic acids is 1. The van der Waals surface area contributed by atoms with Crippen LogP contribution in [0.5, 0.6) is 0 Å². The Morgan fingerprint density at radius 1 is 1.65 bits per heavy atom. The number of amides is 2. The minimum Gasteiger partial charge on any atom is -0.480 e. The summed E-state index contributed by atoms with van der Waals surface area (Å²) < 4.78 is 5.17. The molecule has 0 saturated carbocycles. The van der Waals surface area contributed by atoms with Gasteiger partial charge in [-0.3, -0.25) is 0 Å². The summed E-state index contributed by atoms with van der Waals surface area (Å²) in [5.74, 6) is -0.979. The normalized spacial score (nSPS) is 27.9. The Labute approximate surface area is 118 Å². The van der Waals surface area contributed by atoms with Gasteiger partial charge in [0.2, 0.25) is 0 Å². The highest BCUT2D eigenvalue weighted by molar-refractivity contribution is 5.81. The van der Waals surface area contributed by atoms with Crippen LogP contribution in [0.2, 0.25) is 0 Å². The molecule has 1 aliphatic heterocycles. The second kappa shape index (κ2) is 7.06. The topological polar surface area (TPSA) is 105 Å². The number of rotatable bonds is 3. The fraction of sp³-hybridized carbons (Fsp3) is 0.538. The molecule has 7 nitrogen and oxygen atoms in total. The predicted molar refractivity (Wildman–Crippen MR) is 74.0 cm³/mol. The number of ether oxygens (including phenoxy) is 1. The van der Waals surface area contributed by atoms with Crippen LogP contribution >= 0.6 is 0 Å². The summed E-state index contributed by atoms with van der Waals surface area (Å²) in [6, 6.07) is -0.0570. The molecule has 20 heavy (non-hydrogen) atoms. The van der Waals surface area contributed by atoms with Gasteiger partial charge in [-0.2, -0.15) is 0 Å². The zero-order valence-corrected chi connectivity index (χ0v) is 11.7. The van der Waals surface area contributed by atoms with Crippen molar-refractivity contribution >= 4 is 12.0 Å². The van der Waals surface area contributed by atoms with Crippen molar-refractivity contribution in [2.75, 3.05) is 20.2 Å². The largest absolute Gasteiger partial charge is 0.480 e. The Bertz CT molecular complexity index is 422. The number of carboxylic acids is 1. The van der Waals surface area contributed by atoms with E-state index in [0.29, 0.717) is 19.6 Å². The average Bonchev–Trinajstić information content (AvgIpc) is 2.70. The molecule has 2 unspecified atom stereocenters. The van der Waals surface area contributed by atoms with Gasteiger partial charge in [0.15, 0.2) is 0 Å². The molecule has 0 radical (unpaired) electrons. The number of likely N-dealkylation sites (N-methyl/N-ethyl adjacent to an activating group) is 1. The number of urea groups is 1. The molecule has 0 spiro atoms. The van der Waals surface area contributed by atoms with E-state index in [-0.39, 0.29) is 12.3 Å². The van der Waals surface area contributed by atoms with Gasteiger partial charge in [0.25, 0.3) is 0 Å². The van der Waals surface area contributed by atoms with Gasteiger partial charge in [0.05, 0.1) is 6.54 Å². The van der Waals surface area contributed by atoms with E-state index in [9.17, 15) is 9.59 Å². The summed E-state index contributed by atoms with van der Waals surface area (Å²) in [6.07, 6.45) is 6.94. The van der Waals surface area contributed by atoms with Gasteiger partial charge in [0, 0.05) is 13.7 Å². The molecule has 1 heterocycles. The number of carbonyl (C=O) groups excluding carboxylic acids is 1. The summed E-state index contributed by atoms with van der Waals surface area (Å²) in [5.41, 5.74) is 4.29.